The molecule has 1 aromatic heterocycles. The van der Waals surface area contributed by atoms with Crippen LogP contribution in [0.4, 0.5) is 5.82 Å². The Bertz CT molecular complexity index is 577. The number of benzene rings is 1. The van der Waals surface area contributed by atoms with E-state index in [1.165, 1.54) is 0 Å². The van der Waals surface area contributed by atoms with Crippen LogP contribution in [0.25, 0.3) is 11.3 Å². The van der Waals surface area contributed by atoms with Crippen LogP contribution >= 0.6 is 0 Å². The number of rotatable bonds is 3. The fourth-order valence-corrected chi connectivity index (χ4v) is 2.57. The van der Waals surface area contributed by atoms with E-state index < -0.39 is 0 Å². The van der Waals surface area contributed by atoms with Crippen LogP contribution in [-0.4, -0.2) is 43.5 Å². The Morgan fingerprint density at radius 2 is 1.95 bits per heavy atom. The first-order valence-electron chi connectivity index (χ1n) is 7.31. The third-order valence-corrected chi connectivity index (χ3v) is 3.70. The number of methoxy groups -OCH3 is 1. The highest BCUT2D eigenvalue weighted by molar-refractivity contribution is 5.67. The predicted molar refractivity (Wildman–Crippen MR) is 83.7 cm³/mol. The smallest absolute Gasteiger partial charge is 0.151 e. The van der Waals surface area contributed by atoms with Gasteiger partial charge in [0.15, 0.2) is 5.82 Å². The van der Waals surface area contributed by atoms with E-state index in [1.807, 2.05) is 36.4 Å². The summed E-state index contributed by atoms with van der Waals surface area (Å²) in [4.78, 5) is 2.28. The molecule has 1 aliphatic heterocycles. The van der Waals surface area contributed by atoms with Gasteiger partial charge in [-0.05, 0) is 37.2 Å². The van der Waals surface area contributed by atoms with Crippen molar-refractivity contribution in [1.29, 1.82) is 0 Å². The third kappa shape index (κ3) is 3.13. The van der Waals surface area contributed by atoms with E-state index in [1.54, 1.807) is 7.11 Å². The average Bonchev–Trinajstić information content (AvgIpc) is 2.84. The Morgan fingerprint density at radius 3 is 2.76 bits per heavy atom. The van der Waals surface area contributed by atoms with Gasteiger partial charge in [-0.2, -0.15) is 0 Å². The molecule has 1 saturated heterocycles. The van der Waals surface area contributed by atoms with Gasteiger partial charge in [0.2, 0.25) is 0 Å². The van der Waals surface area contributed by atoms with Gasteiger partial charge in [0.05, 0.1) is 12.8 Å². The van der Waals surface area contributed by atoms with Crippen molar-refractivity contribution in [3.63, 3.8) is 0 Å². The van der Waals surface area contributed by atoms with Crippen LogP contribution in [0.5, 0.6) is 5.75 Å². The molecule has 5 heteroatoms. The lowest BCUT2D eigenvalue weighted by molar-refractivity contribution is 0.416. The van der Waals surface area contributed by atoms with Gasteiger partial charge in [-0.3, -0.25) is 0 Å². The van der Waals surface area contributed by atoms with E-state index in [2.05, 4.69) is 20.4 Å². The van der Waals surface area contributed by atoms with Crippen LogP contribution < -0.4 is 15.0 Å². The van der Waals surface area contributed by atoms with Crippen LogP contribution in [0.3, 0.4) is 0 Å². The highest BCUT2D eigenvalue weighted by Crippen LogP contribution is 2.28. The first-order chi connectivity index (χ1) is 10.4. The number of nitrogens with one attached hydrogen (secondary N) is 1. The van der Waals surface area contributed by atoms with Crippen LogP contribution in [0.2, 0.25) is 0 Å². The first-order valence-corrected chi connectivity index (χ1v) is 7.31. The Hall–Kier alpha value is -2.14. The van der Waals surface area contributed by atoms with Crippen molar-refractivity contribution < 1.29 is 4.74 Å². The second-order valence-corrected chi connectivity index (χ2v) is 5.07. The monoisotopic (exact) mass is 284 g/mol. The summed E-state index contributed by atoms with van der Waals surface area (Å²) < 4.78 is 5.38. The van der Waals surface area contributed by atoms with Gasteiger partial charge in [-0.15, -0.1) is 10.2 Å². The van der Waals surface area contributed by atoms with Crippen molar-refractivity contribution in [2.45, 2.75) is 6.42 Å². The second-order valence-electron chi connectivity index (χ2n) is 5.07. The molecule has 1 aliphatic rings. The molecule has 1 aromatic carbocycles. The minimum Gasteiger partial charge on any atom is -0.496 e. The summed E-state index contributed by atoms with van der Waals surface area (Å²) in [5, 5.41) is 12.2. The summed E-state index contributed by atoms with van der Waals surface area (Å²) in [5.74, 6) is 1.76. The lowest BCUT2D eigenvalue weighted by Crippen LogP contribution is -2.28. The van der Waals surface area contributed by atoms with Crippen molar-refractivity contribution >= 4 is 5.82 Å². The topological polar surface area (TPSA) is 50.3 Å². The molecule has 0 amide bonds. The zero-order valence-electron chi connectivity index (χ0n) is 12.2. The fourth-order valence-electron chi connectivity index (χ4n) is 2.57. The van der Waals surface area contributed by atoms with E-state index in [0.29, 0.717) is 0 Å². The summed E-state index contributed by atoms with van der Waals surface area (Å²) >= 11 is 0. The Morgan fingerprint density at radius 1 is 1.05 bits per heavy atom. The maximum absolute atomic E-state index is 5.38. The van der Waals surface area contributed by atoms with Crippen molar-refractivity contribution in [2.75, 3.05) is 38.2 Å². The van der Waals surface area contributed by atoms with Gasteiger partial charge >= 0.3 is 0 Å². The fraction of sp³-hybridized carbons (Fsp3) is 0.375. The number of hydrogen-bond donors (Lipinski definition) is 1. The van der Waals surface area contributed by atoms with Crippen molar-refractivity contribution in [2.24, 2.45) is 0 Å². The van der Waals surface area contributed by atoms with E-state index >= 15 is 0 Å². The molecule has 1 N–H and O–H groups in total. The molecule has 1 fully saturated rings. The van der Waals surface area contributed by atoms with E-state index in [0.717, 1.165) is 55.4 Å². The maximum Gasteiger partial charge on any atom is 0.151 e. The van der Waals surface area contributed by atoms with Gasteiger partial charge in [-0.1, -0.05) is 12.1 Å². The summed E-state index contributed by atoms with van der Waals surface area (Å²) in [6, 6.07) is 11.9. The molecule has 2 aromatic rings. The molecule has 3 rings (SSSR count). The molecule has 2 heterocycles. The Balaban J connectivity index is 1.83. The van der Waals surface area contributed by atoms with E-state index in [4.69, 9.17) is 4.74 Å². The first kappa shape index (κ1) is 13.8. The van der Waals surface area contributed by atoms with Crippen LogP contribution in [0.15, 0.2) is 36.4 Å². The predicted octanol–water partition coefficient (Wildman–Crippen LogP) is 1.95. The van der Waals surface area contributed by atoms with Gasteiger partial charge in [-0.25, -0.2) is 0 Å². The minimum absolute atomic E-state index is 0.818. The zero-order chi connectivity index (χ0) is 14.5. The number of nitrogens with zero attached hydrogens (tertiary/aromatic N) is 3. The molecule has 0 spiro atoms. The molecule has 0 atom stereocenters. The summed E-state index contributed by atoms with van der Waals surface area (Å²) in [6.07, 6.45) is 1.13. The summed E-state index contributed by atoms with van der Waals surface area (Å²) in [6.45, 7) is 4.07. The molecule has 21 heavy (non-hydrogen) atoms. The number of anilines is 1. The van der Waals surface area contributed by atoms with Crippen molar-refractivity contribution in [1.82, 2.24) is 15.5 Å². The Labute approximate surface area is 125 Å². The zero-order valence-corrected chi connectivity index (χ0v) is 12.2. The molecule has 0 aliphatic carbocycles. The molecule has 0 bridgehead atoms. The van der Waals surface area contributed by atoms with Crippen molar-refractivity contribution in [3.8, 4) is 17.0 Å². The average molecular weight is 284 g/mol. The lowest BCUT2D eigenvalue weighted by atomic mass is 10.1. The minimum atomic E-state index is 0.818. The van der Waals surface area contributed by atoms with Gasteiger partial charge in [0.1, 0.15) is 5.75 Å². The van der Waals surface area contributed by atoms with Crippen LogP contribution in [0, 0.1) is 0 Å². The molecule has 110 valence electrons. The van der Waals surface area contributed by atoms with E-state index in [-0.39, 0.29) is 0 Å². The van der Waals surface area contributed by atoms with Crippen LogP contribution in [-0.2, 0) is 0 Å². The molecular formula is C16H20N4O. The normalized spacial score (nSPS) is 15.6. The third-order valence-electron chi connectivity index (χ3n) is 3.70. The van der Waals surface area contributed by atoms with Gasteiger partial charge in [0, 0.05) is 25.2 Å². The van der Waals surface area contributed by atoms with Gasteiger partial charge < -0.3 is 15.0 Å². The molecular weight excluding hydrogens is 264 g/mol. The quantitative estimate of drug-likeness (QED) is 0.933. The molecule has 0 unspecified atom stereocenters. The standard InChI is InChI=1S/C16H20N4O/c1-21-15-6-3-2-5-13(15)14-7-8-16(19-18-14)20-11-4-9-17-10-12-20/h2-3,5-8,17H,4,9-12H2,1H3. The van der Waals surface area contributed by atoms with Gasteiger partial charge in [0.25, 0.3) is 0 Å². The second kappa shape index (κ2) is 6.54. The maximum atomic E-state index is 5.38. The summed E-state index contributed by atoms with van der Waals surface area (Å²) in [7, 11) is 1.67. The largest absolute Gasteiger partial charge is 0.496 e. The SMILES string of the molecule is COc1ccccc1-c1ccc(N2CCCNCC2)nn1. The molecule has 0 saturated carbocycles. The lowest BCUT2D eigenvalue weighted by Gasteiger charge is -2.20. The van der Waals surface area contributed by atoms with Crippen LogP contribution in [0.1, 0.15) is 6.42 Å². The molecule has 0 radical (unpaired) electrons. The molecule has 5 nitrogen and oxygen atoms in total. The summed E-state index contributed by atoms with van der Waals surface area (Å²) in [5.41, 5.74) is 1.81. The highest BCUT2D eigenvalue weighted by Gasteiger charge is 2.12. The number of para-hydroxylation sites is 1. The van der Waals surface area contributed by atoms with Crippen molar-refractivity contribution in [3.05, 3.63) is 36.4 Å². The number of aromatic nitrogens is 2. The number of ether oxygens (including phenoxy) is 1. The highest BCUT2D eigenvalue weighted by atomic mass is 16.5. The Kier molecular flexibility index (Phi) is 4.31. The van der Waals surface area contributed by atoms with E-state index in [9.17, 15) is 0 Å². The number of hydrogen-bond acceptors (Lipinski definition) is 5.